The molecule has 14 heteroatoms. The maximum Gasteiger partial charge on any atom is 0.315 e. The molecule has 5 atom stereocenters. The highest BCUT2D eigenvalue weighted by molar-refractivity contribution is 7.89. The highest BCUT2D eigenvalue weighted by atomic mass is 32.2. The van der Waals surface area contributed by atoms with Gasteiger partial charge in [0.15, 0.2) is 0 Å². The van der Waals surface area contributed by atoms with Crippen LogP contribution in [0.2, 0.25) is 0 Å². The molecule has 1 saturated heterocycles. The van der Waals surface area contributed by atoms with Crippen molar-refractivity contribution in [2.75, 3.05) is 25.9 Å². The molecule has 13 nitrogen and oxygen atoms in total. The number of sulfonamides is 1. The predicted molar refractivity (Wildman–Crippen MR) is 187 cm³/mol. The van der Waals surface area contributed by atoms with Gasteiger partial charge < -0.3 is 26.2 Å². The number of unbranched alkanes of at least 4 members (excludes halogenated alkanes) is 1. The first-order valence-corrected chi connectivity index (χ1v) is 19.9. The maximum atomic E-state index is 14.4. The van der Waals surface area contributed by atoms with E-state index in [2.05, 4.69) is 35.1 Å². The van der Waals surface area contributed by atoms with E-state index in [0.29, 0.717) is 38.8 Å². The van der Waals surface area contributed by atoms with Crippen LogP contribution in [0.25, 0.3) is 0 Å². The number of amides is 5. The van der Waals surface area contributed by atoms with Gasteiger partial charge in [0.25, 0.3) is 5.91 Å². The molecule has 278 valence electrons. The zero-order valence-corrected chi connectivity index (χ0v) is 31.6. The first-order valence-electron chi connectivity index (χ1n) is 18.3. The fourth-order valence-electron chi connectivity index (χ4n) is 7.80. The first kappa shape index (κ1) is 39.1. The molecule has 0 spiro atoms. The third-order valence-electron chi connectivity index (χ3n) is 11.3. The van der Waals surface area contributed by atoms with Crippen LogP contribution in [0.15, 0.2) is 0 Å². The number of Topliss-reactive ketones (excluding diaryl/α,β-unsaturated/α-hetero) is 1. The van der Waals surface area contributed by atoms with Crippen LogP contribution < -0.4 is 21.3 Å². The lowest BCUT2D eigenvalue weighted by molar-refractivity contribution is -0.145. The lowest BCUT2D eigenvalue weighted by Gasteiger charge is -2.41. The lowest BCUT2D eigenvalue weighted by Crippen LogP contribution is -2.64. The molecule has 4 fully saturated rings. The van der Waals surface area contributed by atoms with Crippen molar-refractivity contribution in [3.8, 4) is 0 Å². The molecular formula is C35H60N6O7S. The van der Waals surface area contributed by atoms with Crippen molar-refractivity contribution in [2.24, 2.45) is 22.7 Å². The summed E-state index contributed by atoms with van der Waals surface area (Å²) in [7, 11) is -2.11. The summed E-state index contributed by atoms with van der Waals surface area (Å²) in [6.45, 7) is 14.0. The van der Waals surface area contributed by atoms with E-state index in [1.165, 1.54) is 16.3 Å². The number of nitrogens with zero attached hydrogens (tertiary/aromatic N) is 2. The van der Waals surface area contributed by atoms with E-state index >= 15 is 0 Å². The largest absolute Gasteiger partial charge is 0.347 e. The molecule has 3 aliphatic carbocycles. The second-order valence-electron chi connectivity index (χ2n) is 16.6. The third kappa shape index (κ3) is 8.95. The van der Waals surface area contributed by atoms with E-state index in [-0.39, 0.29) is 29.0 Å². The molecule has 4 N–H and O–H groups in total. The topological polar surface area (TPSA) is 174 Å². The summed E-state index contributed by atoms with van der Waals surface area (Å²) < 4.78 is 27.6. The monoisotopic (exact) mass is 708 g/mol. The van der Waals surface area contributed by atoms with Crippen molar-refractivity contribution in [2.45, 2.75) is 142 Å². The molecule has 49 heavy (non-hydrogen) atoms. The molecule has 0 bridgehead atoms. The standard InChI is InChI=1S/C35H60N6O7S/c1-9-11-15-24(27(42)30(44)36-22-16-17-22)37-29(43)26-25-23(34(25,6)7)20-41(26)31(45)28(33(3,4)5)38-32(46)39-35(18-13-12-14-19-35)21-49(47,48)40(8)10-2/h22-26,28H,9-21H2,1-8H3,(H,36,44)(H,37,43)(H2,38,39,46)/t23-,24-,25-,26-,28+/m0/s1. The Labute approximate surface area is 292 Å². The first-order chi connectivity index (χ1) is 22.8. The van der Waals surface area contributed by atoms with E-state index in [0.717, 1.165) is 38.5 Å². The van der Waals surface area contributed by atoms with E-state index in [1.54, 1.807) is 6.92 Å². The average Bonchev–Trinajstić information content (AvgIpc) is 3.87. The van der Waals surface area contributed by atoms with Gasteiger partial charge in [-0.25, -0.2) is 17.5 Å². The van der Waals surface area contributed by atoms with Gasteiger partial charge in [-0.2, -0.15) is 0 Å². The molecule has 0 radical (unpaired) electrons. The summed E-state index contributed by atoms with van der Waals surface area (Å²) in [4.78, 5) is 69.7. The fraction of sp³-hybridized carbons (Fsp3) is 0.857. The number of likely N-dealkylation sites (tertiary alicyclic amines) is 1. The molecule has 4 aliphatic rings. The summed E-state index contributed by atoms with van der Waals surface area (Å²) in [5, 5.41) is 11.5. The summed E-state index contributed by atoms with van der Waals surface area (Å²) in [6, 6.07) is -3.52. The number of fused-ring (bicyclic) bond motifs is 1. The second-order valence-corrected chi connectivity index (χ2v) is 18.7. The van der Waals surface area contributed by atoms with E-state index in [9.17, 15) is 32.4 Å². The number of ketones is 1. The highest BCUT2D eigenvalue weighted by Crippen LogP contribution is 2.65. The van der Waals surface area contributed by atoms with Gasteiger partial charge in [0.2, 0.25) is 27.6 Å². The van der Waals surface area contributed by atoms with Gasteiger partial charge >= 0.3 is 6.03 Å². The van der Waals surface area contributed by atoms with Gasteiger partial charge in [0.1, 0.15) is 12.1 Å². The van der Waals surface area contributed by atoms with Crippen molar-refractivity contribution >= 4 is 39.6 Å². The van der Waals surface area contributed by atoms with Crippen LogP contribution in [-0.2, 0) is 29.2 Å². The van der Waals surface area contributed by atoms with Gasteiger partial charge in [-0.1, -0.05) is 80.6 Å². The summed E-state index contributed by atoms with van der Waals surface area (Å²) >= 11 is 0. The van der Waals surface area contributed by atoms with Crippen LogP contribution in [0.4, 0.5) is 4.79 Å². The minimum absolute atomic E-state index is 0.00375. The molecule has 0 aromatic heterocycles. The predicted octanol–water partition coefficient (Wildman–Crippen LogP) is 2.69. The van der Waals surface area contributed by atoms with Crippen molar-refractivity contribution in [3.05, 3.63) is 0 Å². The number of carbonyl (C=O) groups excluding carboxylic acids is 5. The van der Waals surface area contributed by atoms with E-state index in [1.807, 2.05) is 27.7 Å². The maximum absolute atomic E-state index is 14.4. The van der Waals surface area contributed by atoms with Crippen LogP contribution >= 0.6 is 0 Å². The third-order valence-corrected chi connectivity index (χ3v) is 13.5. The van der Waals surface area contributed by atoms with Crippen molar-refractivity contribution in [1.29, 1.82) is 0 Å². The van der Waals surface area contributed by atoms with Crippen molar-refractivity contribution in [1.82, 2.24) is 30.5 Å². The van der Waals surface area contributed by atoms with Gasteiger partial charge in [-0.05, 0) is 54.8 Å². The Kier molecular flexibility index (Phi) is 11.8. The molecule has 3 saturated carbocycles. The van der Waals surface area contributed by atoms with Crippen LogP contribution in [0.3, 0.4) is 0 Å². The van der Waals surface area contributed by atoms with Crippen molar-refractivity contribution in [3.63, 3.8) is 0 Å². The quantitative estimate of drug-likeness (QED) is 0.189. The van der Waals surface area contributed by atoms with E-state index in [4.69, 9.17) is 0 Å². The fourth-order valence-corrected chi connectivity index (χ4v) is 9.48. The van der Waals surface area contributed by atoms with Gasteiger partial charge in [-0.15, -0.1) is 0 Å². The lowest BCUT2D eigenvalue weighted by atomic mass is 9.83. The molecule has 0 unspecified atom stereocenters. The molecule has 1 aliphatic heterocycles. The Bertz CT molecular complexity index is 1380. The van der Waals surface area contributed by atoms with Crippen LogP contribution in [-0.4, -0.2) is 103 Å². The minimum Gasteiger partial charge on any atom is -0.347 e. The molecule has 4 rings (SSSR count). The molecule has 0 aromatic rings. The highest BCUT2D eigenvalue weighted by Gasteiger charge is 2.70. The van der Waals surface area contributed by atoms with Crippen LogP contribution in [0, 0.1) is 22.7 Å². The Morgan fingerprint density at radius 3 is 2.16 bits per heavy atom. The van der Waals surface area contributed by atoms with Crippen LogP contribution in [0.5, 0.6) is 0 Å². The molecule has 0 aromatic carbocycles. The minimum atomic E-state index is -3.64. The van der Waals surface area contributed by atoms with E-state index < -0.39 is 68.6 Å². The summed E-state index contributed by atoms with van der Waals surface area (Å²) in [5.74, 6) is -2.55. The summed E-state index contributed by atoms with van der Waals surface area (Å²) in [5.41, 5.74) is -1.92. The zero-order chi connectivity index (χ0) is 36.5. The number of piperidine rings is 1. The number of urea groups is 1. The number of nitrogens with one attached hydrogen (secondary N) is 4. The molecule has 1 heterocycles. The average molecular weight is 709 g/mol. The number of carbonyl (C=O) groups is 5. The van der Waals surface area contributed by atoms with Gasteiger partial charge in [0, 0.05) is 26.2 Å². The number of rotatable bonds is 15. The Balaban J connectivity index is 1.54. The Morgan fingerprint density at radius 1 is 0.980 bits per heavy atom. The Morgan fingerprint density at radius 2 is 1.61 bits per heavy atom. The smallest absolute Gasteiger partial charge is 0.315 e. The zero-order valence-electron chi connectivity index (χ0n) is 30.8. The second kappa shape index (κ2) is 14.9. The Hall–Kier alpha value is -2.74. The normalized spacial score (nSPS) is 25.5. The number of hydrogen-bond acceptors (Lipinski definition) is 7. The van der Waals surface area contributed by atoms with Gasteiger partial charge in [-0.3, -0.25) is 19.2 Å². The van der Waals surface area contributed by atoms with Gasteiger partial charge in [0.05, 0.1) is 17.3 Å². The SMILES string of the molecule is CCCC[C@H](NC(=O)[C@@H]1[C@@H]2[C@H](CN1C(=O)[C@@H](NC(=O)NC1(CS(=O)(=O)N(C)CC)CCCCC1)C(C)(C)C)C2(C)C)C(=O)C(=O)NC1CC1. The van der Waals surface area contributed by atoms with Crippen LogP contribution in [0.1, 0.15) is 113 Å². The number of hydrogen-bond donors (Lipinski definition) is 4. The van der Waals surface area contributed by atoms with Crippen molar-refractivity contribution < 1.29 is 32.4 Å². The molecule has 5 amide bonds. The molecular weight excluding hydrogens is 648 g/mol. The summed E-state index contributed by atoms with van der Waals surface area (Å²) in [6.07, 6.45) is 6.92.